The van der Waals surface area contributed by atoms with Crippen LogP contribution < -0.4 is 16.2 Å². The van der Waals surface area contributed by atoms with Crippen LogP contribution in [0.5, 0.6) is 0 Å². The molecule has 0 fully saturated rings. The van der Waals surface area contributed by atoms with E-state index in [1.165, 1.54) is 23.9 Å². The first-order valence-electron chi connectivity index (χ1n) is 6.65. The maximum atomic E-state index is 13.4. The van der Waals surface area contributed by atoms with E-state index in [9.17, 15) is 9.18 Å². The van der Waals surface area contributed by atoms with E-state index in [4.69, 9.17) is 12.2 Å². The highest BCUT2D eigenvalue weighted by Crippen LogP contribution is 2.17. The van der Waals surface area contributed by atoms with Gasteiger partial charge in [0.2, 0.25) is 0 Å². The predicted octanol–water partition coefficient (Wildman–Crippen LogP) is 3.45. The summed E-state index contributed by atoms with van der Waals surface area (Å²) in [6, 6.07) is 15.8. The van der Waals surface area contributed by atoms with E-state index in [2.05, 4.69) is 16.2 Å². The number of halogens is 1. The van der Waals surface area contributed by atoms with Gasteiger partial charge in [-0.3, -0.25) is 15.6 Å². The van der Waals surface area contributed by atoms with Crippen LogP contribution in [0.1, 0.15) is 0 Å². The maximum Gasteiger partial charge on any atom is 0.262 e. The van der Waals surface area contributed by atoms with Gasteiger partial charge < -0.3 is 5.32 Å². The lowest BCUT2D eigenvalue weighted by atomic mass is 10.3. The van der Waals surface area contributed by atoms with Gasteiger partial charge in [-0.15, -0.1) is 0 Å². The highest BCUT2D eigenvalue weighted by atomic mass is 32.2. The normalized spacial score (nSPS) is 10.3. The lowest BCUT2D eigenvalue weighted by Gasteiger charge is -2.10. The number of anilines is 1. The van der Waals surface area contributed by atoms with Gasteiger partial charge in [0.15, 0.2) is 5.11 Å². The molecule has 2 aromatic rings. The molecule has 0 heterocycles. The van der Waals surface area contributed by atoms with Gasteiger partial charge in [0.05, 0.1) is 5.69 Å². The Hall–Kier alpha value is -2.38. The SMILES string of the molecule is O=C(/C=C/Sc1ccccc1)NNC(=S)Nc1ccccc1F. The van der Waals surface area contributed by atoms with E-state index in [-0.39, 0.29) is 16.7 Å². The largest absolute Gasteiger partial charge is 0.329 e. The van der Waals surface area contributed by atoms with Crippen LogP contribution in [0.3, 0.4) is 0 Å². The molecule has 0 spiro atoms. The van der Waals surface area contributed by atoms with Crippen LogP contribution in [0.2, 0.25) is 0 Å². The van der Waals surface area contributed by atoms with Crippen molar-refractivity contribution in [2.24, 2.45) is 0 Å². The van der Waals surface area contributed by atoms with Crippen molar-refractivity contribution >= 4 is 40.7 Å². The minimum absolute atomic E-state index is 0.0903. The Morgan fingerprint density at radius 3 is 2.48 bits per heavy atom. The Bertz CT molecular complexity index is 707. The van der Waals surface area contributed by atoms with Gasteiger partial charge in [-0.1, -0.05) is 42.1 Å². The molecule has 0 aromatic heterocycles. The van der Waals surface area contributed by atoms with E-state index in [1.54, 1.807) is 23.6 Å². The Labute approximate surface area is 143 Å². The zero-order chi connectivity index (χ0) is 16.5. The van der Waals surface area contributed by atoms with Crippen molar-refractivity contribution in [1.29, 1.82) is 0 Å². The van der Waals surface area contributed by atoms with Gasteiger partial charge in [0.25, 0.3) is 5.91 Å². The van der Waals surface area contributed by atoms with Crippen molar-refractivity contribution in [3.8, 4) is 0 Å². The molecule has 0 saturated heterocycles. The average molecular weight is 347 g/mol. The molecule has 0 atom stereocenters. The van der Waals surface area contributed by atoms with Crippen LogP contribution in [0.15, 0.2) is 71.0 Å². The first-order chi connectivity index (χ1) is 11.1. The third kappa shape index (κ3) is 6.09. The molecule has 1 amide bonds. The van der Waals surface area contributed by atoms with E-state index in [0.29, 0.717) is 0 Å². The fourth-order valence-corrected chi connectivity index (χ4v) is 2.37. The summed E-state index contributed by atoms with van der Waals surface area (Å²) in [6.07, 6.45) is 1.37. The minimum Gasteiger partial charge on any atom is -0.329 e. The van der Waals surface area contributed by atoms with E-state index >= 15 is 0 Å². The molecule has 2 aromatic carbocycles. The second-order valence-electron chi connectivity index (χ2n) is 4.28. The van der Waals surface area contributed by atoms with E-state index in [1.807, 2.05) is 30.3 Å². The number of rotatable bonds is 4. The van der Waals surface area contributed by atoms with Gasteiger partial charge in [-0.25, -0.2) is 4.39 Å². The molecule has 2 rings (SSSR count). The molecular weight excluding hydrogens is 333 g/mol. The number of carbonyl (C=O) groups is 1. The second-order valence-corrected chi connectivity index (χ2v) is 5.67. The number of thioether (sulfide) groups is 1. The molecule has 0 aliphatic rings. The second kappa shape index (κ2) is 8.92. The summed E-state index contributed by atoms with van der Waals surface area (Å²) >= 11 is 6.39. The summed E-state index contributed by atoms with van der Waals surface area (Å²) in [7, 11) is 0. The van der Waals surface area contributed by atoms with Crippen LogP contribution >= 0.6 is 24.0 Å². The topological polar surface area (TPSA) is 53.2 Å². The Morgan fingerprint density at radius 2 is 1.74 bits per heavy atom. The summed E-state index contributed by atoms with van der Waals surface area (Å²) in [5.74, 6) is -0.798. The quantitative estimate of drug-likeness (QED) is 0.342. The number of hydrogen-bond donors (Lipinski definition) is 3. The lowest BCUT2D eigenvalue weighted by Crippen LogP contribution is -2.43. The fraction of sp³-hybridized carbons (Fsp3) is 0. The van der Waals surface area contributed by atoms with Gasteiger partial charge in [-0.2, -0.15) is 0 Å². The molecular formula is C16H14FN3OS2. The summed E-state index contributed by atoms with van der Waals surface area (Å²) in [5, 5.41) is 4.41. The van der Waals surface area contributed by atoms with Crippen molar-refractivity contribution in [3.05, 3.63) is 71.9 Å². The minimum atomic E-state index is -0.429. The standard InChI is InChI=1S/C16H14FN3OS2/c17-13-8-4-5-9-14(13)18-16(22)20-19-15(21)10-11-23-12-6-2-1-3-7-12/h1-11H,(H,19,21)(H2,18,20,22)/b11-10+. The highest BCUT2D eigenvalue weighted by molar-refractivity contribution is 8.02. The lowest BCUT2D eigenvalue weighted by molar-refractivity contribution is -0.117. The van der Waals surface area contributed by atoms with Gasteiger partial charge >= 0.3 is 0 Å². The zero-order valence-corrected chi connectivity index (χ0v) is 13.6. The summed E-state index contributed by atoms with van der Waals surface area (Å²) in [6.45, 7) is 0. The number of thiocarbonyl (C=S) groups is 1. The average Bonchev–Trinajstić information content (AvgIpc) is 2.56. The molecule has 118 valence electrons. The van der Waals surface area contributed by atoms with Crippen molar-refractivity contribution in [3.63, 3.8) is 0 Å². The Balaban J connectivity index is 1.73. The number of carbonyl (C=O) groups excluding carboxylic acids is 1. The van der Waals surface area contributed by atoms with Gasteiger partial charge in [0, 0.05) is 11.0 Å². The number of nitrogens with one attached hydrogen (secondary N) is 3. The highest BCUT2D eigenvalue weighted by Gasteiger charge is 2.03. The number of benzene rings is 2. The summed E-state index contributed by atoms with van der Waals surface area (Å²) in [5.41, 5.74) is 5.12. The van der Waals surface area contributed by atoms with E-state index in [0.717, 1.165) is 4.90 Å². The zero-order valence-electron chi connectivity index (χ0n) is 12.0. The Kier molecular flexibility index (Phi) is 6.58. The number of para-hydroxylation sites is 1. The molecule has 0 aliphatic heterocycles. The number of hydrazine groups is 1. The van der Waals surface area contributed by atoms with Crippen LogP contribution in [0.4, 0.5) is 10.1 Å². The molecule has 23 heavy (non-hydrogen) atoms. The van der Waals surface area contributed by atoms with Crippen molar-refractivity contribution in [2.45, 2.75) is 4.90 Å². The number of hydrogen-bond acceptors (Lipinski definition) is 3. The Morgan fingerprint density at radius 1 is 1.04 bits per heavy atom. The van der Waals surface area contributed by atoms with Crippen molar-refractivity contribution in [1.82, 2.24) is 10.9 Å². The van der Waals surface area contributed by atoms with Crippen molar-refractivity contribution < 1.29 is 9.18 Å². The van der Waals surface area contributed by atoms with Crippen molar-refractivity contribution in [2.75, 3.05) is 5.32 Å². The number of amides is 1. The monoisotopic (exact) mass is 347 g/mol. The van der Waals surface area contributed by atoms with Crippen LogP contribution in [-0.4, -0.2) is 11.0 Å². The van der Waals surface area contributed by atoms with Crippen LogP contribution in [0, 0.1) is 5.82 Å². The molecule has 0 radical (unpaired) electrons. The smallest absolute Gasteiger partial charge is 0.262 e. The molecule has 0 aliphatic carbocycles. The predicted molar refractivity (Wildman–Crippen MR) is 95.3 cm³/mol. The molecule has 0 bridgehead atoms. The molecule has 7 heteroatoms. The first-order valence-corrected chi connectivity index (χ1v) is 7.94. The molecule has 4 nitrogen and oxygen atoms in total. The van der Waals surface area contributed by atoms with Crippen LogP contribution in [-0.2, 0) is 4.79 Å². The first kappa shape index (κ1) is 17.0. The van der Waals surface area contributed by atoms with Gasteiger partial charge in [-0.05, 0) is 41.9 Å². The summed E-state index contributed by atoms with van der Waals surface area (Å²) < 4.78 is 13.4. The molecule has 0 saturated carbocycles. The maximum absolute atomic E-state index is 13.4. The fourth-order valence-electron chi connectivity index (χ4n) is 1.55. The third-order valence-corrected chi connectivity index (χ3v) is 3.61. The third-order valence-electron chi connectivity index (χ3n) is 2.59. The summed E-state index contributed by atoms with van der Waals surface area (Å²) in [4.78, 5) is 12.7. The van der Waals surface area contributed by atoms with E-state index < -0.39 is 5.82 Å². The molecule has 3 N–H and O–H groups in total. The van der Waals surface area contributed by atoms with Crippen LogP contribution in [0.25, 0.3) is 0 Å². The van der Waals surface area contributed by atoms with Gasteiger partial charge in [0.1, 0.15) is 5.82 Å². The molecule has 0 unspecified atom stereocenters.